The van der Waals surface area contributed by atoms with Gasteiger partial charge in [-0.3, -0.25) is 4.79 Å². The Hall–Kier alpha value is -2.45. The molecule has 0 aliphatic heterocycles. The third-order valence-corrected chi connectivity index (χ3v) is 5.09. The number of aromatic nitrogens is 1. The highest BCUT2D eigenvalue weighted by Crippen LogP contribution is 2.15. The number of methoxy groups -OCH3 is 1. The van der Waals surface area contributed by atoms with Gasteiger partial charge >= 0.3 is 5.97 Å². The van der Waals surface area contributed by atoms with E-state index in [1.165, 1.54) is 25.4 Å². The van der Waals surface area contributed by atoms with Gasteiger partial charge in [-0.1, -0.05) is 30.3 Å². The second kappa shape index (κ2) is 8.59. The molecule has 0 radical (unpaired) electrons. The van der Waals surface area contributed by atoms with Crippen LogP contribution in [0.25, 0.3) is 0 Å². The average molecular weight is 364 g/mol. The molecule has 2 rings (SSSR count). The molecule has 0 saturated carbocycles. The number of pyridine rings is 1. The summed E-state index contributed by atoms with van der Waals surface area (Å²) >= 11 is 0. The lowest BCUT2D eigenvalue weighted by atomic mass is 10.0. The van der Waals surface area contributed by atoms with Gasteiger partial charge in [-0.15, -0.1) is 0 Å². The van der Waals surface area contributed by atoms with Gasteiger partial charge in [-0.05, 0) is 24.5 Å². The molecule has 134 valence electrons. The van der Waals surface area contributed by atoms with E-state index in [2.05, 4.69) is 9.71 Å². The number of carbonyl (C=O) groups is 1. The number of ether oxygens (including phenoxy) is 1. The molecule has 0 amide bonds. The molecule has 7 nitrogen and oxygen atoms in total. The van der Waals surface area contributed by atoms with Gasteiger partial charge in [0.05, 0.1) is 13.3 Å². The fourth-order valence-electron chi connectivity index (χ4n) is 2.33. The fraction of sp³-hybridized carbons (Fsp3) is 0.294. The Morgan fingerprint density at radius 3 is 2.52 bits per heavy atom. The summed E-state index contributed by atoms with van der Waals surface area (Å²) in [6.07, 6.45) is 1.67. The molecule has 1 heterocycles. The van der Waals surface area contributed by atoms with Crippen LogP contribution in [0, 0.1) is 0 Å². The first-order chi connectivity index (χ1) is 11.9. The van der Waals surface area contributed by atoms with Crippen molar-refractivity contribution in [1.82, 2.24) is 9.71 Å². The van der Waals surface area contributed by atoms with Crippen LogP contribution < -0.4 is 9.46 Å². The number of hydrogen-bond donors (Lipinski definition) is 2. The number of carboxylic acids is 1. The molecule has 1 unspecified atom stereocenters. The zero-order valence-corrected chi connectivity index (χ0v) is 14.6. The summed E-state index contributed by atoms with van der Waals surface area (Å²) in [5, 5.41) is 8.90. The Morgan fingerprint density at radius 1 is 1.24 bits per heavy atom. The molecule has 1 aromatic carbocycles. The minimum absolute atomic E-state index is 0.00156. The van der Waals surface area contributed by atoms with Crippen molar-refractivity contribution in [3.63, 3.8) is 0 Å². The number of aliphatic carboxylic acids is 1. The summed E-state index contributed by atoms with van der Waals surface area (Å²) < 4.78 is 32.6. The first kappa shape index (κ1) is 18.9. The molecule has 0 aliphatic carbocycles. The topological polar surface area (TPSA) is 106 Å². The average Bonchev–Trinajstić information content (AvgIpc) is 2.60. The van der Waals surface area contributed by atoms with E-state index >= 15 is 0 Å². The van der Waals surface area contributed by atoms with Crippen molar-refractivity contribution in [3.05, 3.63) is 54.2 Å². The number of carboxylic acid groups (broad SMARTS) is 1. The molecular formula is C17H20N2O5S. The molecule has 1 aromatic heterocycles. The largest absolute Gasteiger partial charge is 0.481 e. The van der Waals surface area contributed by atoms with Crippen molar-refractivity contribution in [2.45, 2.75) is 30.2 Å². The third-order valence-electron chi connectivity index (χ3n) is 3.58. The second-order valence-electron chi connectivity index (χ2n) is 5.48. The summed E-state index contributed by atoms with van der Waals surface area (Å²) in [5.74, 6) is -0.658. The maximum absolute atomic E-state index is 12.5. The highest BCUT2D eigenvalue weighted by molar-refractivity contribution is 7.89. The molecule has 0 aliphatic rings. The maximum atomic E-state index is 12.5. The van der Waals surface area contributed by atoms with E-state index in [0.717, 1.165) is 5.56 Å². The van der Waals surface area contributed by atoms with E-state index < -0.39 is 22.0 Å². The molecule has 2 N–H and O–H groups in total. The van der Waals surface area contributed by atoms with E-state index in [1.807, 2.05) is 30.3 Å². The van der Waals surface area contributed by atoms with E-state index in [9.17, 15) is 13.2 Å². The number of rotatable bonds is 9. The molecule has 0 saturated heterocycles. The van der Waals surface area contributed by atoms with Gasteiger partial charge in [0.15, 0.2) is 0 Å². The number of benzene rings is 1. The summed E-state index contributed by atoms with van der Waals surface area (Å²) in [7, 11) is -2.37. The first-order valence-electron chi connectivity index (χ1n) is 7.69. The lowest BCUT2D eigenvalue weighted by Gasteiger charge is -2.18. The zero-order chi connectivity index (χ0) is 18.3. The van der Waals surface area contributed by atoms with Crippen LogP contribution in [0.4, 0.5) is 0 Å². The molecule has 0 spiro atoms. The van der Waals surface area contributed by atoms with Crippen LogP contribution in [0.2, 0.25) is 0 Å². The Kier molecular flexibility index (Phi) is 6.49. The molecule has 0 bridgehead atoms. The van der Waals surface area contributed by atoms with Gasteiger partial charge in [0.1, 0.15) is 4.90 Å². The minimum Gasteiger partial charge on any atom is -0.481 e. The third kappa shape index (κ3) is 5.84. The van der Waals surface area contributed by atoms with Gasteiger partial charge in [0, 0.05) is 18.5 Å². The molecule has 0 fully saturated rings. The summed E-state index contributed by atoms with van der Waals surface area (Å²) in [6.45, 7) is 0. The van der Waals surface area contributed by atoms with Crippen LogP contribution in [0.1, 0.15) is 18.4 Å². The number of sulfonamides is 1. The Labute approximate surface area is 146 Å². The second-order valence-corrected chi connectivity index (χ2v) is 7.19. The van der Waals surface area contributed by atoms with Crippen LogP contribution in [-0.4, -0.2) is 37.6 Å². The number of hydrogen-bond acceptors (Lipinski definition) is 5. The van der Waals surface area contributed by atoms with E-state index in [1.54, 1.807) is 0 Å². The highest BCUT2D eigenvalue weighted by Gasteiger charge is 2.21. The van der Waals surface area contributed by atoms with E-state index in [4.69, 9.17) is 9.84 Å². The molecule has 8 heteroatoms. The van der Waals surface area contributed by atoms with Gasteiger partial charge < -0.3 is 9.84 Å². The lowest BCUT2D eigenvalue weighted by molar-refractivity contribution is -0.137. The standard InChI is InChI=1S/C17H20N2O5S/c1-24-16-9-8-15(12-18-16)25(22,23)19-14(7-10-17(20)21)11-13-5-3-2-4-6-13/h2-6,8-9,12,14,19H,7,10-11H2,1H3,(H,20,21). The van der Waals surface area contributed by atoms with Gasteiger partial charge in [0.25, 0.3) is 0 Å². The monoisotopic (exact) mass is 364 g/mol. The van der Waals surface area contributed by atoms with Crippen molar-refractivity contribution in [2.75, 3.05) is 7.11 Å². The number of nitrogens with zero attached hydrogens (tertiary/aromatic N) is 1. The smallest absolute Gasteiger partial charge is 0.303 e. The van der Waals surface area contributed by atoms with Crippen molar-refractivity contribution < 1.29 is 23.1 Å². The normalized spacial score (nSPS) is 12.5. The Balaban J connectivity index is 2.16. The summed E-state index contributed by atoms with van der Waals surface area (Å²) in [4.78, 5) is 14.8. The SMILES string of the molecule is COc1ccc(S(=O)(=O)NC(CCC(=O)O)Cc2ccccc2)cn1. The quantitative estimate of drug-likeness (QED) is 0.703. The molecular weight excluding hydrogens is 344 g/mol. The van der Waals surface area contributed by atoms with Gasteiger partial charge in [-0.25, -0.2) is 18.1 Å². The predicted octanol–water partition coefficient (Wildman–Crippen LogP) is 1.84. The Bertz CT molecular complexity index is 792. The summed E-state index contributed by atoms with van der Waals surface area (Å²) in [5.41, 5.74) is 0.924. The fourth-order valence-corrected chi connectivity index (χ4v) is 3.55. The molecule has 1 atom stereocenters. The van der Waals surface area contributed by atoms with Crippen LogP contribution in [0.15, 0.2) is 53.6 Å². The van der Waals surface area contributed by atoms with Gasteiger partial charge in [-0.2, -0.15) is 0 Å². The minimum atomic E-state index is -3.81. The van der Waals surface area contributed by atoms with Crippen molar-refractivity contribution in [3.8, 4) is 5.88 Å². The van der Waals surface area contributed by atoms with E-state index in [-0.39, 0.29) is 17.7 Å². The van der Waals surface area contributed by atoms with Crippen molar-refractivity contribution in [1.29, 1.82) is 0 Å². The molecule has 2 aromatic rings. The van der Waals surface area contributed by atoms with E-state index in [0.29, 0.717) is 12.3 Å². The van der Waals surface area contributed by atoms with Crippen molar-refractivity contribution in [2.24, 2.45) is 0 Å². The Morgan fingerprint density at radius 2 is 1.96 bits per heavy atom. The number of nitrogens with one attached hydrogen (secondary N) is 1. The van der Waals surface area contributed by atoms with Crippen LogP contribution in [0.3, 0.4) is 0 Å². The van der Waals surface area contributed by atoms with Crippen molar-refractivity contribution >= 4 is 16.0 Å². The van der Waals surface area contributed by atoms with Crippen LogP contribution in [0.5, 0.6) is 5.88 Å². The highest BCUT2D eigenvalue weighted by atomic mass is 32.2. The van der Waals surface area contributed by atoms with Crippen LogP contribution >= 0.6 is 0 Å². The van der Waals surface area contributed by atoms with Gasteiger partial charge in [0.2, 0.25) is 15.9 Å². The first-order valence-corrected chi connectivity index (χ1v) is 9.17. The molecule has 25 heavy (non-hydrogen) atoms. The lowest BCUT2D eigenvalue weighted by Crippen LogP contribution is -2.37. The van der Waals surface area contributed by atoms with Crippen LogP contribution in [-0.2, 0) is 21.2 Å². The zero-order valence-electron chi connectivity index (χ0n) is 13.8. The maximum Gasteiger partial charge on any atom is 0.303 e. The predicted molar refractivity (Wildman–Crippen MR) is 91.9 cm³/mol. The summed E-state index contributed by atoms with van der Waals surface area (Å²) in [6, 6.07) is 11.6.